The Labute approximate surface area is 152 Å². The van der Waals surface area contributed by atoms with E-state index in [2.05, 4.69) is 41.7 Å². The first-order valence-corrected chi connectivity index (χ1v) is 10.9. The van der Waals surface area contributed by atoms with Crippen molar-refractivity contribution in [1.82, 2.24) is 5.32 Å². The van der Waals surface area contributed by atoms with E-state index in [0.29, 0.717) is 0 Å². The molecule has 0 bridgehead atoms. The molecule has 4 heteroatoms. The standard InChI is InChI=1S/C21H29NO2Si/c1-17(2)25(23,24)15-14-19-10-7-11-20(16-19)21(22-3)13-12-18-8-5-4-6-9-18/h4-11,14-17,21-24H,12-13H2,1-3H3. The van der Waals surface area contributed by atoms with Crippen LogP contribution in [-0.2, 0) is 6.42 Å². The summed E-state index contributed by atoms with van der Waals surface area (Å²) in [5, 5.41) is 3.39. The van der Waals surface area contributed by atoms with Gasteiger partial charge in [-0.25, -0.2) is 0 Å². The third kappa shape index (κ3) is 5.94. The Morgan fingerprint density at radius 3 is 2.40 bits per heavy atom. The van der Waals surface area contributed by atoms with Crippen molar-refractivity contribution in [3.8, 4) is 0 Å². The van der Waals surface area contributed by atoms with Crippen LogP contribution in [0.25, 0.3) is 6.08 Å². The predicted octanol–water partition coefficient (Wildman–Crippen LogP) is 3.97. The van der Waals surface area contributed by atoms with Crippen LogP contribution >= 0.6 is 0 Å². The first-order chi connectivity index (χ1) is 11.9. The van der Waals surface area contributed by atoms with E-state index in [1.165, 1.54) is 11.1 Å². The van der Waals surface area contributed by atoms with Crippen molar-refractivity contribution in [2.24, 2.45) is 0 Å². The quantitative estimate of drug-likeness (QED) is 0.628. The van der Waals surface area contributed by atoms with E-state index in [1.807, 2.05) is 45.2 Å². The molecule has 134 valence electrons. The first-order valence-electron chi connectivity index (χ1n) is 8.87. The Morgan fingerprint density at radius 2 is 1.76 bits per heavy atom. The molecule has 2 aromatic rings. The van der Waals surface area contributed by atoms with Gasteiger partial charge in [0.2, 0.25) is 0 Å². The van der Waals surface area contributed by atoms with Crippen molar-refractivity contribution in [1.29, 1.82) is 0 Å². The van der Waals surface area contributed by atoms with Crippen LogP contribution in [-0.4, -0.2) is 25.2 Å². The van der Waals surface area contributed by atoms with Crippen molar-refractivity contribution in [3.05, 3.63) is 77.0 Å². The van der Waals surface area contributed by atoms with E-state index in [-0.39, 0.29) is 11.6 Å². The highest BCUT2D eigenvalue weighted by atomic mass is 28.4. The third-order valence-corrected chi connectivity index (χ3v) is 6.95. The minimum Gasteiger partial charge on any atom is -0.408 e. The zero-order valence-corrected chi connectivity index (χ0v) is 16.3. The fourth-order valence-electron chi connectivity index (χ4n) is 2.72. The van der Waals surface area contributed by atoms with Gasteiger partial charge in [-0.2, -0.15) is 0 Å². The fraction of sp³-hybridized carbons (Fsp3) is 0.333. The van der Waals surface area contributed by atoms with Gasteiger partial charge < -0.3 is 14.9 Å². The van der Waals surface area contributed by atoms with E-state index in [9.17, 15) is 9.59 Å². The second-order valence-corrected chi connectivity index (χ2v) is 9.86. The van der Waals surface area contributed by atoms with Crippen LogP contribution in [0.2, 0.25) is 5.54 Å². The van der Waals surface area contributed by atoms with Crippen LogP contribution < -0.4 is 5.32 Å². The molecule has 0 aliphatic heterocycles. The van der Waals surface area contributed by atoms with Crippen LogP contribution in [0.15, 0.2) is 60.3 Å². The topological polar surface area (TPSA) is 52.5 Å². The summed E-state index contributed by atoms with van der Waals surface area (Å²) >= 11 is 0. The lowest BCUT2D eigenvalue weighted by Gasteiger charge is -2.18. The Kier molecular flexibility index (Phi) is 7.14. The average Bonchev–Trinajstić information content (AvgIpc) is 2.62. The molecule has 2 aromatic carbocycles. The Bertz CT molecular complexity index is 683. The Morgan fingerprint density at radius 1 is 1.04 bits per heavy atom. The predicted molar refractivity (Wildman–Crippen MR) is 107 cm³/mol. The van der Waals surface area contributed by atoms with Gasteiger partial charge in [-0.05, 0) is 42.3 Å². The summed E-state index contributed by atoms with van der Waals surface area (Å²) in [5.41, 5.74) is 5.02. The summed E-state index contributed by atoms with van der Waals surface area (Å²) < 4.78 is 0. The van der Waals surface area contributed by atoms with Crippen molar-refractivity contribution >= 4 is 14.6 Å². The van der Waals surface area contributed by atoms with Crippen molar-refractivity contribution < 1.29 is 9.59 Å². The maximum atomic E-state index is 10.1. The third-order valence-electron chi connectivity index (χ3n) is 4.60. The Balaban J connectivity index is 2.08. The van der Waals surface area contributed by atoms with Crippen LogP contribution in [0.5, 0.6) is 0 Å². The SMILES string of the molecule is CNC(CCc1ccccc1)c1cccc(C=C[Si](O)(O)C(C)C)c1. The van der Waals surface area contributed by atoms with Gasteiger partial charge in [-0.3, -0.25) is 0 Å². The van der Waals surface area contributed by atoms with E-state index in [0.717, 1.165) is 18.4 Å². The van der Waals surface area contributed by atoms with Gasteiger partial charge in [-0.1, -0.05) is 74.5 Å². The number of hydrogen-bond acceptors (Lipinski definition) is 3. The van der Waals surface area contributed by atoms with E-state index < -0.39 is 8.56 Å². The molecule has 3 N–H and O–H groups in total. The van der Waals surface area contributed by atoms with Gasteiger partial charge in [0, 0.05) is 11.6 Å². The van der Waals surface area contributed by atoms with Gasteiger partial charge in [0.15, 0.2) is 0 Å². The molecule has 0 saturated heterocycles. The lowest BCUT2D eigenvalue weighted by Crippen LogP contribution is -2.35. The van der Waals surface area contributed by atoms with Crippen LogP contribution in [0.4, 0.5) is 0 Å². The smallest absolute Gasteiger partial charge is 0.362 e. The molecule has 0 radical (unpaired) electrons. The molecule has 0 aliphatic rings. The number of hydrogen-bond donors (Lipinski definition) is 3. The highest BCUT2D eigenvalue weighted by molar-refractivity contribution is 6.72. The van der Waals surface area contributed by atoms with Gasteiger partial charge in [0.05, 0.1) is 0 Å². The number of rotatable bonds is 8. The zero-order valence-electron chi connectivity index (χ0n) is 15.3. The molecule has 0 fully saturated rings. The first kappa shape index (κ1) is 19.6. The molecular weight excluding hydrogens is 326 g/mol. The summed E-state index contributed by atoms with van der Waals surface area (Å²) in [7, 11) is -1.29. The molecule has 0 amide bonds. The summed E-state index contributed by atoms with van der Waals surface area (Å²) in [6.45, 7) is 3.68. The van der Waals surface area contributed by atoms with Gasteiger partial charge in [-0.15, -0.1) is 0 Å². The molecule has 1 atom stereocenters. The zero-order chi connectivity index (χ0) is 18.3. The summed E-state index contributed by atoms with van der Waals surface area (Å²) in [6.07, 6.45) is 3.86. The fourth-order valence-corrected chi connectivity index (χ4v) is 3.55. The molecule has 0 aromatic heterocycles. The van der Waals surface area contributed by atoms with Crippen molar-refractivity contribution in [2.75, 3.05) is 7.05 Å². The molecule has 0 aliphatic carbocycles. The molecule has 2 rings (SSSR count). The maximum absolute atomic E-state index is 10.1. The summed E-state index contributed by atoms with van der Waals surface area (Å²) in [4.78, 5) is 20.2. The lowest BCUT2D eigenvalue weighted by atomic mass is 9.97. The highest BCUT2D eigenvalue weighted by Crippen LogP contribution is 2.22. The number of aryl methyl sites for hydroxylation is 1. The Hall–Kier alpha value is -1.72. The molecule has 1 unspecified atom stereocenters. The normalized spacial score (nSPS) is 13.5. The second-order valence-electron chi connectivity index (χ2n) is 6.81. The number of benzene rings is 2. The molecule has 0 heterocycles. The monoisotopic (exact) mass is 355 g/mol. The molecule has 0 spiro atoms. The molecule has 25 heavy (non-hydrogen) atoms. The minimum absolute atomic E-state index is 0.122. The van der Waals surface area contributed by atoms with Gasteiger partial charge in [0.25, 0.3) is 0 Å². The number of nitrogens with one attached hydrogen (secondary N) is 1. The summed E-state index contributed by atoms with van der Waals surface area (Å²) in [5.74, 6) is 0. The van der Waals surface area contributed by atoms with Gasteiger partial charge >= 0.3 is 8.56 Å². The van der Waals surface area contributed by atoms with E-state index in [1.54, 1.807) is 5.70 Å². The molecule has 0 saturated carbocycles. The lowest BCUT2D eigenvalue weighted by molar-refractivity contribution is 0.364. The second kappa shape index (κ2) is 9.11. The average molecular weight is 356 g/mol. The van der Waals surface area contributed by atoms with Crippen LogP contribution in [0, 0.1) is 0 Å². The molecule has 3 nitrogen and oxygen atoms in total. The minimum atomic E-state index is -3.27. The molecular formula is C21H29NO2Si. The van der Waals surface area contributed by atoms with Crippen molar-refractivity contribution in [3.63, 3.8) is 0 Å². The largest absolute Gasteiger partial charge is 0.408 e. The van der Waals surface area contributed by atoms with Crippen LogP contribution in [0.3, 0.4) is 0 Å². The van der Waals surface area contributed by atoms with Crippen molar-refractivity contribution in [2.45, 2.75) is 38.3 Å². The maximum Gasteiger partial charge on any atom is 0.362 e. The van der Waals surface area contributed by atoms with Crippen LogP contribution in [0.1, 0.15) is 43.0 Å². The summed E-state index contributed by atoms with van der Waals surface area (Å²) in [6, 6.07) is 19.0. The van der Waals surface area contributed by atoms with Gasteiger partial charge in [0.1, 0.15) is 0 Å². The van der Waals surface area contributed by atoms with E-state index in [4.69, 9.17) is 0 Å². The van der Waals surface area contributed by atoms with E-state index >= 15 is 0 Å². The highest BCUT2D eigenvalue weighted by Gasteiger charge is 2.29.